The van der Waals surface area contributed by atoms with E-state index in [0.717, 1.165) is 5.56 Å². The van der Waals surface area contributed by atoms with Crippen LogP contribution in [-0.4, -0.2) is 50.7 Å². The molecular weight excluding hydrogens is 312 g/mol. The van der Waals surface area contributed by atoms with Crippen molar-refractivity contribution in [1.29, 1.82) is 0 Å². The zero-order valence-corrected chi connectivity index (χ0v) is 12.8. The van der Waals surface area contributed by atoms with E-state index in [-0.39, 0.29) is 23.9 Å². The Kier molecular flexibility index (Phi) is 4.28. The van der Waals surface area contributed by atoms with Crippen molar-refractivity contribution in [3.8, 4) is 0 Å². The fourth-order valence-corrected chi connectivity index (χ4v) is 2.69. The van der Waals surface area contributed by atoms with E-state index in [1.807, 2.05) is 18.2 Å². The number of carbonyl (C=O) groups excluding carboxylic acids is 2. The number of amides is 2. The minimum atomic E-state index is -1.10. The Morgan fingerprint density at radius 2 is 2.04 bits per heavy atom. The maximum Gasteiger partial charge on any atom is 0.338 e. The lowest BCUT2D eigenvalue weighted by Crippen LogP contribution is -2.52. The Morgan fingerprint density at radius 1 is 1.29 bits per heavy atom. The lowest BCUT2D eigenvalue weighted by atomic mass is 10.0. The van der Waals surface area contributed by atoms with Crippen molar-refractivity contribution in [2.45, 2.75) is 12.6 Å². The summed E-state index contributed by atoms with van der Waals surface area (Å²) >= 11 is 0. The molecule has 2 aromatic rings. The zero-order chi connectivity index (χ0) is 17.1. The van der Waals surface area contributed by atoms with Gasteiger partial charge in [-0.15, -0.1) is 0 Å². The first kappa shape index (κ1) is 15.7. The molecule has 2 amide bonds. The molecule has 3 rings (SSSR count). The Balaban J connectivity index is 1.80. The first-order valence-corrected chi connectivity index (χ1v) is 7.44. The summed E-state index contributed by atoms with van der Waals surface area (Å²) in [7, 11) is 0. The molecule has 1 fully saturated rings. The van der Waals surface area contributed by atoms with Gasteiger partial charge < -0.3 is 15.3 Å². The van der Waals surface area contributed by atoms with Crippen LogP contribution in [0.2, 0.25) is 0 Å². The number of nitrogens with zero attached hydrogens (tertiary/aromatic N) is 3. The maximum absolute atomic E-state index is 12.6. The number of carboxylic acid groups (broad SMARTS) is 1. The second-order valence-electron chi connectivity index (χ2n) is 5.42. The van der Waals surface area contributed by atoms with Crippen LogP contribution in [0.5, 0.6) is 0 Å². The van der Waals surface area contributed by atoms with Gasteiger partial charge in [-0.3, -0.25) is 14.3 Å². The van der Waals surface area contributed by atoms with E-state index in [4.69, 9.17) is 5.11 Å². The highest BCUT2D eigenvalue weighted by Gasteiger charge is 2.34. The minimum absolute atomic E-state index is 0.0128. The van der Waals surface area contributed by atoms with Crippen molar-refractivity contribution >= 4 is 17.8 Å². The van der Waals surface area contributed by atoms with Gasteiger partial charge in [-0.05, 0) is 5.56 Å². The first-order chi connectivity index (χ1) is 11.6. The molecule has 2 N–H and O–H groups in total. The van der Waals surface area contributed by atoms with Crippen LogP contribution in [0.1, 0.15) is 22.0 Å². The van der Waals surface area contributed by atoms with E-state index in [9.17, 15) is 14.4 Å². The molecule has 1 aliphatic heterocycles. The molecule has 24 heavy (non-hydrogen) atoms. The van der Waals surface area contributed by atoms with Gasteiger partial charge in [0.15, 0.2) is 0 Å². The van der Waals surface area contributed by atoms with E-state index in [1.54, 1.807) is 12.1 Å². The van der Waals surface area contributed by atoms with E-state index in [2.05, 4.69) is 10.4 Å². The van der Waals surface area contributed by atoms with Crippen LogP contribution in [0.25, 0.3) is 0 Å². The largest absolute Gasteiger partial charge is 0.478 e. The van der Waals surface area contributed by atoms with Gasteiger partial charge in [0.25, 0.3) is 0 Å². The molecule has 1 saturated heterocycles. The number of benzene rings is 1. The van der Waals surface area contributed by atoms with Crippen LogP contribution in [0.4, 0.5) is 0 Å². The highest BCUT2D eigenvalue weighted by Crippen LogP contribution is 2.23. The Labute approximate surface area is 137 Å². The molecule has 8 heteroatoms. The monoisotopic (exact) mass is 328 g/mol. The van der Waals surface area contributed by atoms with Crippen LogP contribution < -0.4 is 5.32 Å². The molecular formula is C16H16N4O4. The third kappa shape index (κ3) is 3.12. The quantitative estimate of drug-likeness (QED) is 0.839. The van der Waals surface area contributed by atoms with Crippen molar-refractivity contribution in [2.75, 3.05) is 13.1 Å². The van der Waals surface area contributed by atoms with Crippen molar-refractivity contribution in [1.82, 2.24) is 20.0 Å². The lowest BCUT2D eigenvalue weighted by molar-refractivity contribution is -0.144. The molecule has 0 saturated carbocycles. The number of piperazine rings is 1. The third-order valence-electron chi connectivity index (χ3n) is 3.83. The number of carbonyl (C=O) groups is 3. The van der Waals surface area contributed by atoms with Gasteiger partial charge >= 0.3 is 5.97 Å². The van der Waals surface area contributed by atoms with E-state index in [1.165, 1.54) is 22.0 Å². The molecule has 0 spiro atoms. The topological polar surface area (TPSA) is 105 Å². The van der Waals surface area contributed by atoms with E-state index in [0.29, 0.717) is 13.1 Å². The fourth-order valence-electron chi connectivity index (χ4n) is 2.69. The minimum Gasteiger partial charge on any atom is -0.478 e. The second kappa shape index (κ2) is 6.53. The SMILES string of the molecule is O=C(O)c1cnn(CC(=O)N2CCNC(=O)C2c2ccccc2)c1. The van der Waals surface area contributed by atoms with Crippen molar-refractivity contribution in [3.05, 3.63) is 53.9 Å². The summed E-state index contributed by atoms with van der Waals surface area (Å²) in [6.07, 6.45) is 2.48. The van der Waals surface area contributed by atoms with Crippen LogP contribution in [0.3, 0.4) is 0 Å². The van der Waals surface area contributed by atoms with Gasteiger partial charge in [0.2, 0.25) is 11.8 Å². The van der Waals surface area contributed by atoms with Crippen LogP contribution in [-0.2, 0) is 16.1 Å². The molecule has 2 heterocycles. The van der Waals surface area contributed by atoms with Gasteiger partial charge in [-0.2, -0.15) is 5.10 Å². The average molecular weight is 328 g/mol. The molecule has 8 nitrogen and oxygen atoms in total. The summed E-state index contributed by atoms with van der Waals surface area (Å²) in [6, 6.07) is 8.37. The van der Waals surface area contributed by atoms with E-state index < -0.39 is 12.0 Å². The predicted molar refractivity (Wildman–Crippen MR) is 83.1 cm³/mol. The number of nitrogens with one attached hydrogen (secondary N) is 1. The molecule has 1 aromatic carbocycles. The number of hydrogen-bond acceptors (Lipinski definition) is 4. The first-order valence-electron chi connectivity index (χ1n) is 7.44. The summed E-state index contributed by atoms with van der Waals surface area (Å²) in [6.45, 7) is 0.647. The Hall–Kier alpha value is -3.16. The van der Waals surface area contributed by atoms with Gasteiger partial charge in [-0.1, -0.05) is 30.3 Å². The number of aromatic carboxylic acids is 1. The van der Waals surface area contributed by atoms with Crippen molar-refractivity contribution in [3.63, 3.8) is 0 Å². The van der Waals surface area contributed by atoms with E-state index >= 15 is 0 Å². The Bertz CT molecular complexity index is 771. The average Bonchev–Trinajstić information content (AvgIpc) is 3.04. The molecule has 1 aromatic heterocycles. The van der Waals surface area contributed by atoms with Gasteiger partial charge in [0.1, 0.15) is 12.6 Å². The summed E-state index contributed by atoms with van der Waals surface area (Å²) in [4.78, 5) is 37.2. The molecule has 1 unspecified atom stereocenters. The molecule has 0 bridgehead atoms. The summed E-state index contributed by atoms with van der Waals surface area (Å²) in [5.41, 5.74) is 0.744. The number of rotatable bonds is 4. The van der Waals surface area contributed by atoms with Crippen LogP contribution >= 0.6 is 0 Å². The number of hydrogen-bond donors (Lipinski definition) is 2. The zero-order valence-electron chi connectivity index (χ0n) is 12.8. The highest BCUT2D eigenvalue weighted by molar-refractivity contribution is 5.90. The lowest BCUT2D eigenvalue weighted by Gasteiger charge is -2.35. The van der Waals surface area contributed by atoms with Crippen molar-refractivity contribution < 1.29 is 19.5 Å². The van der Waals surface area contributed by atoms with Gasteiger partial charge in [-0.25, -0.2) is 4.79 Å². The summed E-state index contributed by atoms with van der Waals surface area (Å²) in [5, 5.41) is 15.5. The smallest absolute Gasteiger partial charge is 0.338 e. The maximum atomic E-state index is 12.6. The number of aromatic nitrogens is 2. The van der Waals surface area contributed by atoms with Gasteiger partial charge in [0, 0.05) is 19.3 Å². The normalized spacial score (nSPS) is 17.4. The molecule has 124 valence electrons. The standard InChI is InChI=1S/C16H16N4O4/c21-13(10-19-9-12(8-18-19)16(23)24)20-7-6-17-15(22)14(20)11-4-2-1-3-5-11/h1-5,8-9,14H,6-7,10H2,(H,17,22)(H,23,24). The van der Waals surface area contributed by atoms with Crippen LogP contribution in [0.15, 0.2) is 42.7 Å². The molecule has 0 aliphatic carbocycles. The summed E-state index contributed by atoms with van der Waals surface area (Å²) < 4.78 is 1.26. The number of carboxylic acids is 1. The highest BCUT2D eigenvalue weighted by atomic mass is 16.4. The summed E-state index contributed by atoms with van der Waals surface area (Å²) in [5.74, 6) is -1.63. The third-order valence-corrected chi connectivity index (χ3v) is 3.83. The van der Waals surface area contributed by atoms with Gasteiger partial charge in [0.05, 0.1) is 11.8 Å². The molecule has 0 radical (unpaired) electrons. The van der Waals surface area contributed by atoms with Crippen LogP contribution in [0, 0.1) is 0 Å². The molecule has 1 aliphatic rings. The second-order valence-corrected chi connectivity index (χ2v) is 5.42. The Morgan fingerprint density at radius 3 is 2.71 bits per heavy atom. The van der Waals surface area contributed by atoms with Crippen molar-refractivity contribution in [2.24, 2.45) is 0 Å². The fraction of sp³-hybridized carbons (Fsp3) is 0.250. The predicted octanol–water partition coefficient (Wildman–Crippen LogP) is 0.281. The molecule has 1 atom stereocenters.